The first-order valence-corrected chi connectivity index (χ1v) is 4.74. The Morgan fingerprint density at radius 3 is 2.53 bits per heavy atom. The molecular weight excluding hydrogens is 190 g/mol. The Morgan fingerprint density at radius 1 is 1.47 bits per heavy atom. The van der Waals surface area contributed by atoms with E-state index in [2.05, 4.69) is 4.74 Å². The van der Waals surface area contributed by atoms with Crippen molar-refractivity contribution in [2.75, 3.05) is 7.11 Å². The first-order valence-electron chi connectivity index (χ1n) is 4.74. The van der Waals surface area contributed by atoms with Gasteiger partial charge in [0.1, 0.15) is 0 Å². The van der Waals surface area contributed by atoms with E-state index < -0.39 is 0 Å². The van der Waals surface area contributed by atoms with E-state index in [1.807, 2.05) is 25.1 Å². The van der Waals surface area contributed by atoms with Crippen LogP contribution in [0, 0.1) is 17.2 Å². The van der Waals surface area contributed by atoms with Gasteiger partial charge in [-0.05, 0) is 24.1 Å². The number of methoxy groups -OCH3 is 1. The number of carbonyl (C=O) groups excluding carboxylic acids is 1. The van der Waals surface area contributed by atoms with Crippen LogP contribution in [-0.2, 0) is 16.0 Å². The summed E-state index contributed by atoms with van der Waals surface area (Å²) in [6.45, 7) is 1.82. The van der Waals surface area contributed by atoms with Crippen molar-refractivity contribution in [2.24, 2.45) is 5.92 Å². The molecule has 0 bridgehead atoms. The molecule has 0 amide bonds. The number of rotatable bonds is 3. The molecule has 0 saturated heterocycles. The SMILES string of the molecule is COC(=O)[C@@H](C)Cc1ccc(C#N)cc1. The molecule has 78 valence electrons. The Kier molecular flexibility index (Phi) is 3.87. The summed E-state index contributed by atoms with van der Waals surface area (Å²) >= 11 is 0. The van der Waals surface area contributed by atoms with Crippen molar-refractivity contribution in [3.05, 3.63) is 35.4 Å². The van der Waals surface area contributed by atoms with E-state index in [0.29, 0.717) is 12.0 Å². The molecule has 0 heterocycles. The third-order valence-electron chi connectivity index (χ3n) is 2.23. The summed E-state index contributed by atoms with van der Waals surface area (Å²) in [4.78, 5) is 11.2. The Morgan fingerprint density at radius 2 is 2.07 bits per heavy atom. The molecule has 0 saturated carbocycles. The highest BCUT2D eigenvalue weighted by molar-refractivity contribution is 5.72. The van der Waals surface area contributed by atoms with E-state index in [-0.39, 0.29) is 11.9 Å². The first kappa shape index (κ1) is 11.3. The van der Waals surface area contributed by atoms with Crippen molar-refractivity contribution < 1.29 is 9.53 Å². The first-order chi connectivity index (χ1) is 7.17. The number of esters is 1. The summed E-state index contributed by atoms with van der Waals surface area (Å²) in [6, 6.07) is 9.27. The lowest BCUT2D eigenvalue weighted by Gasteiger charge is -2.08. The van der Waals surface area contributed by atoms with Gasteiger partial charge in [0, 0.05) is 0 Å². The minimum absolute atomic E-state index is 0.150. The smallest absolute Gasteiger partial charge is 0.308 e. The maximum Gasteiger partial charge on any atom is 0.308 e. The number of hydrogen-bond donors (Lipinski definition) is 0. The Balaban J connectivity index is 2.66. The van der Waals surface area contributed by atoms with Crippen LogP contribution in [0.5, 0.6) is 0 Å². The summed E-state index contributed by atoms with van der Waals surface area (Å²) < 4.78 is 4.64. The van der Waals surface area contributed by atoms with Crippen LogP contribution in [-0.4, -0.2) is 13.1 Å². The number of nitriles is 1. The molecule has 1 aromatic rings. The van der Waals surface area contributed by atoms with Crippen LogP contribution in [0.25, 0.3) is 0 Å². The van der Waals surface area contributed by atoms with Gasteiger partial charge in [-0.25, -0.2) is 0 Å². The van der Waals surface area contributed by atoms with E-state index in [9.17, 15) is 4.79 Å². The van der Waals surface area contributed by atoms with Gasteiger partial charge < -0.3 is 4.74 Å². The molecular formula is C12H13NO2. The van der Waals surface area contributed by atoms with Crippen LogP contribution in [0.1, 0.15) is 18.1 Å². The predicted molar refractivity (Wildman–Crippen MR) is 56.0 cm³/mol. The molecule has 0 N–H and O–H groups in total. The minimum atomic E-state index is -0.209. The highest BCUT2D eigenvalue weighted by Crippen LogP contribution is 2.10. The molecule has 0 aliphatic heterocycles. The van der Waals surface area contributed by atoms with Crippen LogP contribution in [0.2, 0.25) is 0 Å². The standard InChI is InChI=1S/C12H13NO2/c1-9(12(14)15-2)7-10-3-5-11(8-13)6-4-10/h3-6,9H,7H2,1-2H3/t9-/m0/s1. The normalized spacial score (nSPS) is 11.5. The zero-order valence-electron chi connectivity index (χ0n) is 8.86. The number of benzene rings is 1. The molecule has 0 fully saturated rings. The summed E-state index contributed by atoms with van der Waals surface area (Å²) in [5.74, 6) is -0.359. The van der Waals surface area contributed by atoms with E-state index in [4.69, 9.17) is 5.26 Å². The van der Waals surface area contributed by atoms with Gasteiger partial charge in [-0.2, -0.15) is 5.26 Å². The maximum atomic E-state index is 11.2. The van der Waals surface area contributed by atoms with E-state index in [0.717, 1.165) is 5.56 Å². The average Bonchev–Trinajstić information content (AvgIpc) is 2.29. The second-order valence-corrected chi connectivity index (χ2v) is 3.44. The number of ether oxygens (including phenoxy) is 1. The monoisotopic (exact) mass is 203 g/mol. The van der Waals surface area contributed by atoms with Crippen LogP contribution in [0.15, 0.2) is 24.3 Å². The van der Waals surface area contributed by atoms with Gasteiger partial charge in [0.25, 0.3) is 0 Å². The van der Waals surface area contributed by atoms with Crippen molar-refractivity contribution in [1.82, 2.24) is 0 Å². The fraction of sp³-hybridized carbons (Fsp3) is 0.333. The fourth-order valence-electron chi connectivity index (χ4n) is 1.35. The quantitative estimate of drug-likeness (QED) is 0.705. The predicted octanol–water partition coefficient (Wildman–Crippen LogP) is 1.91. The van der Waals surface area contributed by atoms with Gasteiger partial charge in [0.2, 0.25) is 0 Å². The summed E-state index contributed by atoms with van der Waals surface area (Å²) in [7, 11) is 1.39. The number of nitrogens with zero attached hydrogens (tertiary/aromatic N) is 1. The lowest BCUT2D eigenvalue weighted by Crippen LogP contribution is -2.14. The summed E-state index contributed by atoms with van der Waals surface area (Å²) in [5, 5.41) is 8.61. The van der Waals surface area contributed by atoms with Gasteiger partial charge in [-0.15, -0.1) is 0 Å². The Hall–Kier alpha value is -1.82. The maximum absolute atomic E-state index is 11.2. The zero-order chi connectivity index (χ0) is 11.3. The molecule has 0 spiro atoms. The number of hydrogen-bond acceptors (Lipinski definition) is 3. The zero-order valence-corrected chi connectivity index (χ0v) is 8.86. The Bertz CT molecular complexity index is 376. The van der Waals surface area contributed by atoms with Crippen molar-refractivity contribution in [1.29, 1.82) is 5.26 Å². The molecule has 0 unspecified atom stereocenters. The van der Waals surface area contributed by atoms with Crippen molar-refractivity contribution in [2.45, 2.75) is 13.3 Å². The second kappa shape index (κ2) is 5.16. The van der Waals surface area contributed by atoms with E-state index in [1.165, 1.54) is 7.11 Å². The van der Waals surface area contributed by atoms with Crippen LogP contribution in [0.4, 0.5) is 0 Å². The van der Waals surface area contributed by atoms with E-state index >= 15 is 0 Å². The van der Waals surface area contributed by atoms with Gasteiger partial charge in [0.15, 0.2) is 0 Å². The van der Waals surface area contributed by atoms with E-state index in [1.54, 1.807) is 12.1 Å². The topological polar surface area (TPSA) is 50.1 Å². The highest BCUT2D eigenvalue weighted by atomic mass is 16.5. The lowest BCUT2D eigenvalue weighted by molar-refractivity contribution is -0.144. The molecule has 1 atom stereocenters. The van der Waals surface area contributed by atoms with Crippen LogP contribution in [0.3, 0.4) is 0 Å². The van der Waals surface area contributed by atoms with Crippen LogP contribution >= 0.6 is 0 Å². The summed E-state index contributed by atoms with van der Waals surface area (Å²) in [5.41, 5.74) is 1.66. The van der Waals surface area contributed by atoms with Gasteiger partial charge >= 0.3 is 5.97 Å². The Labute approximate surface area is 89.3 Å². The number of carbonyl (C=O) groups is 1. The third-order valence-corrected chi connectivity index (χ3v) is 2.23. The van der Waals surface area contributed by atoms with Gasteiger partial charge in [-0.3, -0.25) is 4.79 Å². The van der Waals surface area contributed by atoms with Crippen molar-refractivity contribution in [3.63, 3.8) is 0 Å². The lowest BCUT2D eigenvalue weighted by atomic mass is 10.0. The second-order valence-electron chi connectivity index (χ2n) is 3.44. The van der Waals surface area contributed by atoms with Crippen molar-refractivity contribution in [3.8, 4) is 6.07 Å². The minimum Gasteiger partial charge on any atom is -0.469 e. The summed E-state index contributed by atoms with van der Waals surface area (Å²) in [6.07, 6.45) is 0.637. The molecule has 0 radical (unpaired) electrons. The molecule has 1 rings (SSSR count). The van der Waals surface area contributed by atoms with Gasteiger partial charge in [-0.1, -0.05) is 19.1 Å². The molecule has 0 aromatic heterocycles. The molecule has 1 aromatic carbocycles. The highest BCUT2D eigenvalue weighted by Gasteiger charge is 2.13. The van der Waals surface area contributed by atoms with Gasteiger partial charge in [0.05, 0.1) is 24.7 Å². The van der Waals surface area contributed by atoms with Crippen molar-refractivity contribution >= 4 is 5.97 Å². The molecule has 15 heavy (non-hydrogen) atoms. The molecule has 3 nitrogen and oxygen atoms in total. The molecule has 3 heteroatoms. The largest absolute Gasteiger partial charge is 0.469 e. The fourth-order valence-corrected chi connectivity index (χ4v) is 1.35. The average molecular weight is 203 g/mol. The third kappa shape index (κ3) is 3.10. The molecule has 0 aliphatic rings. The van der Waals surface area contributed by atoms with Crippen LogP contribution < -0.4 is 0 Å². The molecule has 0 aliphatic carbocycles.